The molecule has 1 atom stereocenters. The Kier molecular flexibility index (Phi) is 12.6. The summed E-state index contributed by atoms with van der Waals surface area (Å²) in [5, 5.41) is 10.2. The molecular weight excluding hydrogens is 444 g/mol. The van der Waals surface area contributed by atoms with Crippen LogP contribution in [-0.2, 0) is 26.8 Å². The first-order chi connectivity index (χ1) is 14.1. The number of hydrogen-bond donors (Lipinski definition) is 4. The second-order valence-corrected chi connectivity index (χ2v) is 11.3. The van der Waals surface area contributed by atoms with Crippen LogP contribution in [0.2, 0.25) is 0 Å². The van der Waals surface area contributed by atoms with E-state index in [1.807, 2.05) is 6.07 Å². The van der Waals surface area contributed by atoms with Crippen LogP contribution in [0.1, 0.15) is 52.5 Å². The molecule has 0 aliphatic carbocycles. The van der Waals surface area contributed by atoms with Gasteiger partial charge in [-0.3, -0.25) is 13.8 Å². The highest BCUT2D eigenvalue weighted by molar-refractivity contribution is 7.92. The summed E-state index contributed by atoms with van der Waals surface area (Å²) in [4.78, 5) is 0. The molecule has 182 valence electrons. The summed E-state index contributed by atoms with van der Waals surface area (Å²) < 4.78 is 58.4. The van der Waals surface area contributed by atoms with Gasteiger partial charge >= 0.3 is 10.4 Å². The van der Waals surface area contributed by atoms with Gasteiger partial charge in [-0.25, -0.2) is 8.42 Å². The van der Waals surface area contributed by atoms with Crippen LogP contribution >= 0.6 is 0 Å². The third-order valence-corrected chi connectivity index (χ3v) is 6.01. The molecule has 0 fully saturated rings. The summed E-state index contributed by atoms with van der Waals surface area (Å²) >= 11 is 0. The minimum atomic E-state index is -4.67. The van der Waals surface area contributed by atoms with E-state index in [9.17, 15) is 13.5 Å². The van der Waals surface area contributed by atoms with E-state index >= 15 is 0 Å². The molecule has 1 unspecified atom stereocenters. The maximum atomic E-state index is 11.6. The molecule has 0 spiro atoms. The minimum absolute atomic E-state index is 0.0146. The Hall–Kier alpha value is -1.40. The number of benzene rings is 1. The summed E-state index contributed by atoms with van der Waals surface area (Å²) in [7, 11) is -5.64. The molecule has 0 aliphatic rings. The monoisotopic (exact) mass is 483 g/mol. The van der Waals surface area contributed by atoms with Crippen molar-refractivity contribution in [3.8, 4) is 5.75 Å². The number of nitrogens with zero attached hydrogens (tertiary/aromatic N) is 1. The summed E-state index contributed by atoms with van der Waals surface area (Å²) in [6, 6.07) is 5.04. The van der Waals surface area contributed by atoms with Crippen molar-refractivity contribution in [1.82, 2.24) is 0 Å². The van der Waals surface area contributed by atoms with Gasteiger partial charge in [0.05, 0.1) is 38.1 Å². The van der Waals surface area contributed by atoms with Crippen LogP contribution in [0.15, 0.2) is 18.2 Å². The Labute approximate surface area is 187 Å². The van der Waals surface area contributed by atoms with E-state index in [4.69, 9.17) is 17.5 Å². The van der Waals surface area contributed by atoms with Crippen LogP contribution in [-0.4, -0.2) is 68.0 Å². The summed E-state index contributed by atoms with van der Waals surface area (Å²) in [6.07, 6.45) is 4.13. The van der Waals surface area contributed by atoms with Gasteiger partial charge in [0.15, 0.2) is 0 Å². The second kappa shape index (κ2) is 13.2. The van der Waals surface area contributed by atoms with Crippen LogP contribution in [0.3, 0.4) is 0 Å². The average molecular weight is 484 g/mol. The van der Waals surface area contributed by atoms with E-state index in [0.29, 0.717) is 11.6 Å². The summed E-state index contributed by atoms with van der Waals surface area (Å²) in [5.74, 6) is 0.866. The van der Waals surface area contributed by atoms with Crippen LogP contribution in [0.5, 0.6) is 5.75 Å². The van der Waals surface area contributed by atoms with Crippen LogP contribution in [0.4, 0.5) is 5.69 Å². The van der Waals surface area contributed by atoms with Crippen molar-refractivity contribution in [2.24, 2.45) is 5.92 Å². The second-order valence-electron chi connectivity index (χ2n) is 8.40. The fourth-order valence-corrected chi connectivity index (χ4v) is 4.25. The third kappa shape index (κ3) is 15.1. The molecule has 0 saturated heterocycles. The van der Waals surface area contributed by atoms with Crippen LogP contribution < -0.4 is 4.72 Å². The van der Waals surface area contributed by atoms with Gasteiger partial charge in [-0.1, -0.05) is 26.8 Å². The largest absolute Gasteiger partial charge is 0.508 e. The van der Waals surface area contributed by atoms with E-state index in [1.165, 1.54) is 25.6 Å². The van der Waals surface area contributed by atoms with Gasteiger partial charge in [-0.15, -0.1) is 0 Å². The first-order valence-electron chi connectivity index (χ1n) is 10.5. The maximum absolute atomic E-state index is 11.6. The molecule has 11 heteroatoms. The number of sulfonamides is 1. The molecule has 1 rings (SSSR count). The molecule has 0 radical (unpaired) electrons. The average Bonchev–Trinajstić information content (AvgIpc) is 2.58. The fourth-order valence-electron chi connectivity index (χ4n) is 3.62. The third-order valence-electron chi connectivity index (χ3n) is 4.70. The molecule has 4 N–H and O–H groups in total. The van der Waals surface area contributed by atoms with Gasteiger partial charge < -0.3 is 9.59 Å². The zero-order valence-corrected chi connectivity index (χ0v) is 20.8. The number of nitrogens with one attached hydrogen (secondary N) is 1. The molecular formula is C20H39N2O7S2+. The highest BCUT2D eigenvalue weighted by atomic mass is 32.3. The number of phenolic OH excluding ortho intramolecular Hbond substituents is 1. The Morgan fingerprint density at radius 2 is 1.61 bits per heavy atom. The van der Waals surface area contributed by atoms with E-state index in [2.05, 4.69) is 32.5 Å². The maximum Gasteiger partial charge on any atom is 0.394 e. The van der Waals surface area contributed by atoms with Crippen molar-refractivity contribution in [3.05, 3.63) is 23.8 Å². The van der Waals surface area contributed by atoms with Gasteiger partial charge in [0.2, 0.25) is 10.0 Å². The van der Waals surface area contributed by atoms with Crippen molar-refractivity contribution in [2.75, 3.05) is 37.2 Å². The molecule has 1 aromatic carbocycles. The van der Waals surface area contributed by atoms with Gasteiger partial charge in [0.25, 0.3) is 0 Å². The first-order valence-corrected chi connectivity index (χ1v) is 13.5. The highest BCUT2D eigenvalue weighted by Crippen LogP contribution is 2.24. The SMILES string of the molecule is CCC[N+](C)(CCCCc1ccc(NS(=O)(=O)CC)cc1O)CC(C)C.O=S(=O)(O)O. The lowest BCUT2D eigenvalue weighted by Gasteiger charge is -2.36. The molecule has 9 nitrogen and oxygen atoms in total. The molecule has 0 amide bonds. The highest BCUT2D eigenvalue weighted by Gasteiger charge is 2.21. The Balaban J connectivity index is 0.00000161. The van der Waals surface area contributed by atoms with Gasteiger partial charge in [0.1, 0.15) is 5.75 Å². The van der Waals surface area contributed by atoms with Gasteiger partial charge in [-0.2, -0.15) is 8.42 Å². The number of aryl methyl sites for hydroxylation is 1. The van der Waals surface area contributed by atoms with E-state index in [1.54, 1.807) is 13.0 Å². The lowest BCUT2D eigenvalue weighted by molar-refractivity contribution is -0.912. The van der Waals surface area contributed by atoms with Crippen LogP contribution in [0, 0.1) is 5.92 Å². The summed E-state index contributed by atoms with van der Waals surface area (Å²) in [6.45, 7) is 11.9. The van der Waals surface area contributed by atoms with E-state index in [0.717, 1.165) is 35.9 Å². The summed E-state index contributed by atoms with van der Waals surface area (Å²) in [5.41, 5.74) is 1.29. The molecule has 0 aromatic heterocycles. The smallest absolute Gasteiger partial charge is 0.394 e. The molecule has 0 aliphatic heterocycles. The van der Waals surface area contributed by atoms with E-state index < -0.39 is 20.4 Å². The number of quaternary nitrogens is 1. The Bertz CT molecular complexity index is 864. The topological polar surface area (TPSA) is 141 Å². The number of rotatable bonds is 12. The van der Waals surface area contributed by atoms with Crippen molar-refractivity contribution < 1.29 is 35.5 Å². The van der Waals surface area contributed by atoms with Crippen molar-refractivity contribution in [1.29, 1.82) is 0 Å². The molecule has 31 heavy (non-hydrogen) atoms. The fraction of sp³-hybridized carbons (Fsp3) is 0.700. The number of phenols is 1. The van der Waals surface area contributed by atoms with Crippen molar-refractivity contribution in [2.45, 2.75) is 53.4 Å². The zero-order chi connectivity index (χ0) is 24.3. The predicted molar refractivity (Wildman–Crippen MR) is 124 cm³/mol. The number of anilines is 1. The lowest BCUT2D eigenvalue weighted by atomic mass is 10.1. The molecule has 0 saturated carbocycles. The molecule has 0 bridgehead atoms. The lowest BCUT2D eigenvalue weighted by Crippen LogP contribution is -2.47. The minimum Gasteiger partial charge on any atom is -0.508 e. The number of hydrogen-bond acceptors (Lipinski definition) is 5. The number of aromatic hydroxyl groups is 1. The van der Waals surface area contributed by atoms with Gasteiger partial charge in [0, 0.05) is 12.0 Å². The zero-order valence-electron chi connectivity index (χ0n) is 19.2. The molecule has 0 heterocycles. The first kappa shape index (κ1) is 29.6. The van der Waals surface area contributed by atoms with Crippen molar-refractivity contribution in [3.63, 3.8) is 0 Å². The standard InChI is InChI=1S/C20H36N2O3S.H2O4S/c1-6-13-22(5,16-17(3)4)14-9-8-10-18-11-12-19(15-20(18)23)21-26(24,25)7-2;1-5(2,3)4/h11-12,15,17,21H,6-10,13-14,16H2,1-5H3;(H2,1,2,3,4)/p+1. The molecule has 1 aromatic rings. The van der Waals surface area contributed by atoms with E-state index in [-0.39, 0.29) is 11.5 Å². The Morgan fingerprint density at radius 1 is 1.03 bits per heavy atom. The Morgan fingerprint density at radius 3 is 2.06 bits per heavy atom. The normalized spacial score (nSPS) is 13.9. The van der Waals surface area contributed by atoms with Crippen LogP contribution in [0.25, 0.3) is 0 Å². The quantitative estimate of drug-likeness (QED) is 0.203. The van der Waals surface area contributed by atoms with Crippen molar-refractivity contribution >= 4 is 26.1 Å². The van der Waals surface area contributed by atoms with Gasteiger partial charge in [-0.05, 0) is 44.2 Å². The number of unbranched alkanes of at least 4 members (excludes halogenated alkanes) is 1. The predicted octanol–water partition coefficient (Wildman–Crippen LogP) is 3.34.